The lowest BCUT2D eigenvalue weighted by molar-refractivity contribution is -0.123. The van der Waals surface area contributed by atoms with Gasteiger partial charge in [0.2, 0.25) is 11.8 Å². The molecule has 7 heteroatoms. The van der Waals surface area contributed by atoms with Crippen LogP contribution in [-0.2, 0) is 11.3 Å². The van der Waals surface area contributed by atoms with Crippen LogP contribution in [0.1, 0.15) is 22.8 Å². The number of carbonyl (C=O) groups is 1. The first-order chi connectivity index (χ1) is 10.1. The topological polar surface area (TPSA) is 51.2 Å². The van der Waals surface area contributed by atoms with E-state index in [1.54, 1.807) is 17.6 Å². The van der Waals surface area contributed by atoms with Crippen LogP contribution in [0.15, 0.2) is 23.7 Å². The predicted molar refractivity (Wildman–Crippen MR) is 83.3 cm³/mol. The molecule has 1 atom stereocenters. The second kappa shape index (κ2) is 6.22. The van der Waals surface area contributed by atoms with Gasteiger partial charge >= 0.3 is 0 Å². The van der Waals surface area contributed by atoms with Crippen molar-refractivity contribution in [1.82, 2.24) is 10.3 Å². The van der Waals surface area contributed by atoms with Crippen molar-refractivity contribution in [2.45, 2.75) is 18.9 Å². The van der Waals surface area contributed by atoms with Crippen LogP contribution in [0.5, 0.6) is 5.88 Å². The van der Waals surface area contributed by atoms with Crippen molar-refractivity contribution in [1.29, 1.82) is 0 Å². The Balaban J connectivity index is 1.68. The normalized spacial score (nSPS) is 17.0. The zero-order valence-corrected chi connectivity index (χ0v) is 13.3. The maximum atomic E-state index is 12.4. The van der Waals surface area contributed by atoms with Gasteiger partial charge in [0, 0.05) is 16.6 Å². The van der Waals surface area contributed by atoms with Gasteiger partial charge in [0.15, 0.2) is 0 Å². The van der Waals surface area contributed by atoms with E-state index in [-0.39, 0.29) is 11.8 Å². The summed E-state index contributed by atoms with van der Waals surface area (Å²) in [7, 11) is 0. The van der Waals surface area contributed by atoms with Crippen LogP contribution in [0.4, 0.5) is 0 Å². The molecule has 0 fully saturated rings. The average molecular weight is 343 g/mol. The maximum Gasteiger partial charge on any atom is 0.228 e. The predicted octanol–water partition coefficient (Wildman–Crippen LogP) is 3.63. The first kappa shape index (κ1) is 14.6. The highest BCUT2D eigenvalue weighted by atomic mass is 35.5. The molecule has 110 valence electrons. The van der Waals surface area contributed by atoms with Crippen LogP contribution in [0.3, 0.4) is 0 Å². The van der Waals surface area contributed by atoms with Gasteiger partial charge in [-0.05, 0) is 24.1 Å². The smallest absolute Gasteiger partial charge is 0.228 e. The molecule has 1 aliphatic rings. The van der Waals surface area contributed by atoms with Crippen molar-refractivity contribution in [3.63, 3.8) is 0 Å². The third kappa shape index (κ3) is 3.15. The molecule has 1 aliphatic heterocycles. The molecule has 2 aromatic rings. The standard InChI is InChI=1S/C14H12Cl2N2O2S/c15-9-2-1-8(11(16)5-9)6-17-13(19)10-3-4-20-14-12(10)21-7-18-14/h1-2,5,7,10H,3-4,6H2,(H,17,19). The van der Waals surface area contributed by atoms with Crippen molar-refractivity contribution in [2.75, 3.05) is 6.61 Å². The highest BCUT2D eigenvalue weighted by Gasteiger charge is 2.29. The fourth-order valence-corrected chi connectivity index (χ4v) is 3.55. The Bertz CT molecular complexity index is 675. The molecule has 0 saturated carbocycles. The van der Waals surface area contributed by atoms with E-state index in [9.17, 15) is 4.79 Å². The molecular formula is C14H12Cl2N2O2S. The van der Waals surface area contributed by atoms with E-state index in [1.165, 1.54) is 11.3 Å². The number of halogens is 2. The summed E-state index contributed by atoms with van der Waals surface area (Å²) in [6.07, 6.45) is 0.662. The molecule has 21 heavy (non-hydrogen) atoms. The molecule has 0 bridgehead atoms. The van der Waals surface area contributed by atoms with Gasteiger partial charge in [0.05, 0.1) is 22.9 Å². The summed E-state index contributed by atoms with van der Waals surface area (Å²) in [4.78, 5) is 17.4. The number of amides is 1. The summed E-state index contributed by atoms with van der Waals surface area (Å²) in [5.74, 6) is 0.345. The van der Waals surface area contributed by atoms with Gasteiger partial charge in [-0.3, -0.25) is 4.79 Å². The highest BCUT2D eigenvalue weighted by Crippen LogP contribution is 2.36. The Labute approximate surface area is 136 Å². The molecule has 0 aliphatic carbocycles. The Morgan fingerprint density at radius 1 is 1.48 bits per heavy atom. The first-order valence-corrected chi connectivity index (χ1v) is 8.06. The number of hydrogen-bond acceptors (Lipinski definition) is 4. The molecule has 1 N–H and O–H groups in total. The Morgan fingerprint density at radius 2 is 2.33 bits per heavy atom. The molecule has 0 spiro atoms. The Hall–Kier alpha value is -1.30. The summed E-state index contributed by atoms with van der Waals surface area (Å²) in [6.45, 7) is 0.886. The van der Waals surface area contributed by atoms with Gasteiger partial charge in [-0.25, -0.2) is 4.98 Å². The second-order valence-corrected chi connectivity index (χ2v) is 6.40. The lowest BCUT2D eigenvalue weighted by Crippen LogP contribution is -2.31. The van der Waals surface area contributed by atoms with E-state index in [1.807, 2.05) is 6.07 Å². The number of thiazole rings is 1. The van der Waals surface area contributed by atoms with Crippen LogP contribution >= 0.6 is 34.5 Å². The lowest BCUT2D eigenvalue weighted by atomic mass is 10.0. The zero-order valence-electron chi connectivity index (χ0n) is 10.9. The van der Waals surface area contributed by atoms with E-state index in [4.69, 9.17) is 27.9 Å². The van der Waals surface area contributed by atoms with Gasteiger partial charge in [0.25, 0.3) is 0 Å². The Morgan fingerprint density at radius 3 is 3.14 bits per heavy atom. The van der Waals surface area contributed by atoms with Crippen LogP contribution in [-0.4, -0.2) is 17.5 Å². The number of nitrogens with one attached hydrogen (secondary N) is 1. The maximum absolute atomic E-state index is 12.4. The second-order valence-electron chi connectivity index (χ2n) is 4.67. The highest BCUT2D eigenvalue weighted by molar-refractivity contribution is 7.10. The van der Waals surface area contributed by atoms with Crippen LogP contribution in [0.2, 0.25) is 10.0 Å². The third-order valence-electron chi connectivity index (χ3n) is 3.31. The molecule has 0 radical (unpaired) electrons. The fraction of sp³-hybridized carbons (Fsp3) is 0.286. The molecule has 3 rings (SSSR count). The fourth-order valence-electron chi connectivity index (χ4n) is 2.21. The molecule has 0 saturated heterocycles. The summed E-state index contributed by atoms with van der Waals surface area (Å²) in [5.41, 5.74) is 2.54. The number of fused-ring (bicyclic) bond motifs is 1. The summed E-state index contributed by atoms with van der Waals surface area (Å²) >= 11 is 13.4. The molecule has 1 amide bonds. The number of aromatic nitrogens is 1. The van der Waals surface area contributed by atoms with Crippen molar-refractivity contribution in [3.05, 3.63) is 44.2 Å². The quantitative estimate of drug-likeness (QED) is 0.926. The number of ether oxygens (including phenoxy) is 1. The number of carbonyl (C=O) groups excluding carboxylic acids is 1. The van der Waals surface area contributed by atoms with E-state index in [0.717, 1.165) is 10.4 Å². The third-order valence-corrected chi connectivity index (χ3v) is 4.82. The summed E-state index contributed by atoms with van der Waals surface area (Å²) < 4.78 is 5.42. The van der Waals surface area contributed by atoms with Crippen molar-refractivity contribution >= 4 is 40.4 Å². The van der Waals surface area contributed by atoms with Crippen LogP contribution < -0.4 is 10.1 Å². The van der Waals surface area contributed by atoms with Gasteiger partial charge in [0.1, 0.15) is 0 Å². The van der Waals surface area contributed by atoms with Crippen molar-refractivity contribution < 1.29 is 9.53 Å². The van der Waals surface area contributed by atoms with Crippen molar-refractivity contribution in [2.24, 2.45) is 0 Å². The Kier molecular flexibility index (Phi) is 4.33. The molecule has 1 unspecified atom stereocenters. The average Bonchev–Trinajstić information content (AvgIpc) is 2.94. The molecule has 1 aromatic heterocycles. The van der Waals surface area contributed by atoms with Gasteiger partial charge < -0.3 is 10.1 Å². The monoisotopic (exact) mass is 342 g/mol. The summed E-state index contributed by atoms with van der Waals surface area (Å²) in [5, 5.41) is 4.04. The minimum absolute atomic E-state index is 0.0326. The largest absolute Gasteiger partial charge is 0.477 e. The zero-order chi connectivity index (χ0) is 14.8. The van der Waals surface area contributed by atoms with Crippen LogP contribution in [0, 0.1) is 0 Å². The van der Waals surface area contributed by atoms with Gasteiger partial charge in [-0.1, -0.05) is 29.3 Å². The molecule has 2 heterocycles. The summed E-state index contributed by atoms with van der Waals surface area (Å²) in [6, 6.07) is 5.23. The van der Waals surface area contributed by atoms with Gasteiger partial charge in [-0.15, -0.1) is 11.3 Å². The number of rotatable bonds is 3. The minimum Gasteiger partial charge on any atom is -0.477 e. The number of nitrogens with zero attached hydrogens (tertiary/aromatic N) is 1. The molecular weight excluding hydrogens is 331 g/mol. The van der Waals surface area contributed by atoms with E-state index in [2.05, 4.69) is 10.3 Å². The first-order valence-electron chi connectivity index (χ1n) is 6.43. The van der Waals surface area contributed by atoms with Crippen LogP contribution in [0.25, 0.3) is 0 Å². The number of hydrogen-bond donors (Lipinski definition) is 1. The SMILES string of the molecule is O=C(NCc1ccc(Cl)cc1Cl)C1CCOc2ncsc21. The van der Waals surface area contributed by atoms with Gasteiger partial charge in [-0.2, -0.15) is 0 Å². The van der Waals surface area contributed by atoms with Crippen molar-refractivity contribution in [3.8, 4) is 5.88 Å². The molecule has 1 aromatic carbocycles. The van der Waals surface area contributed by atoms with E-state index < -0.39 is 0 Å². The minimum atomic E-state index is -0.202. The number of benzene rings is 1. The van der Waals surface area contributed by atoms with E-state index in [0.29, 0.717) is 35.5 Å². The van der Waals surface area contributed by atoms with E-state index >= 15 is 0 Å². The lowest BCUT2D eigenvalue weighted by Gasteiger charge is -2.21. The molecule has 4 nitrogen and oxygen atoms in total.